The topological polar surface area (TPSA) is 49.9 Å². The molecule has 1 heterocycles. The molecule has 102 valence electrons. The number of H-pyrrole nitrogens is 1. The van der Waals surface area contributed by atoms with Crippen molar-refractivity contribution in [3.8, 4) is 0 Å². The number of carbonyl (C=O) groups is 2. The molecular weight excluding hydrogens is 250 g/mol. The molecule has 0 radical (unpaired) electrons. The number of benzene rings is 1. The average Bonchev–Trinajstić information content (AvgIpc) is 2.91. The van der Waals surface area contributed by atoms with E-state index < -0.39 is 0 Å². The summed E-state index contributed by atoms with van der Waals surface area (Å²) in [5, 5.41) is 1.17. The predicted octanol–water partition coefficient (Wildman–Crippen LogP) is 3.69. The predicted molar refractivity (Wildman–Crippen MR) is 77.7 cm³/mol. The molecule has 2 aliphatic carbocycles. The summed E-state index contributed by atoms with van der Waals surface area (Å²) in [6.45, 7) is 4.13. The van der Waals surface area contributed by atoms with Crippen LogP contribution in [-0.2, 0) is 6.42 Å². The van der Waals surface area contributed by atoms with Crippen molar-refractivity contribution < 1.29 is 9.59 Å². The highest BCUT2D eigenvalue weighted by molar-refractivity contribution is 6.11. The van der Waals surface area contributed by atoms with Crippen LogP contribution in [0.5, 0.6) is 0 Å². The summed E-state index contributed by atoms with van der Waals surface area (Å²) in [6, 6.07) is 2.00. The Morgan fingerprint density at radius 1 is 1.20 bits per heavy atom. The van der Waals surface area contributed by atoms with E-state index in [0.717, 1.165) is 40.7 Å². The molecule has 0 amide bonds. The summed E-state index contributed by atoms with van der Waals surface area (Å²) in [4.78, 5) is 27.6. The van der Waals surface area contributed by atoms with Gasteiger partial charge in [0, 0.05) is 29.3 Å². The minimum Gasteiger partial charge on any atom is -0.352 e. The second-order valence-electron chi connectivity index (χ2n) is 6.19. The maximum Gasteiger partial charge on any atom is 0.179 e. The molecule has 1 N–H and O–H groups in total. The maximum atomic E-state index is 12.1. The Morgan fingerprint density at radius 3 is 2.80 bits per heavy atom. The fraction of sp³-hybridized carbons (Fsp3) is 0.412. The van der Waals surface area contributed by atoms with Gasteiger partial charge in [0.25, 0.3) is 0 Å². The Labute approximate surface area is 117 Å². The number of aryl methyl sites for hydroxylation is 2. The standard InChI is InChI=1S/C17H17NO2/c1-8-7-13(20)11-6-9(2)16-15(14(8)11)10-4-3-5-12(19)17(10)18-16/h6,8,18H,3-5,7H2,1-2H3. The zero-order chi connectivity index (χ0) is 14.0. The largest absolute Gasteiger partial charge is 0.352 e. The van der Waals surface area contributed by atoms with E-state index in [1.165, 1.54) is 10.9 Å². The first kappa shape index (κ1) is 11.9. The van der Waals surface area contributed by atoms with Gasteiger partial charge >= 0.3 is 0 Å². The number of ketones is 2. The van der Waals surface area contributed by atoms with Crippen LogP contribution in [0.25, 0.3) is 10.9 Å². The molecule has 0 fully saturated rings. The Morgan fingerprint density at radius 2 is 2.00 bits per heavy atom. The number of aromatic nitrogens is 1. The van der Waals surface area contributed by atoms with Crippen LogP contribution in [0.15, 0.2) is 6.07 Å². The molecule has 0 spiro atoms. The summed E-state index contributed by atoms with van der Waals surface area (Å²) in [6.07, 6.45) is 3.10. The molecule has 1 aromatic carbocycles. The molecule has 1 atom stereocenters. The van der Waals surface area contributed by atoms with Crippen molar-refractivity contribution in [2.45, 2.75) is 45.4 Å². The second kappa shape index (κ2) is 3.81. The lowest BCUT2D eigenvalue weighted by Crippen LogP contribution is -2.09. The average molecular weight is 267 g/mol. The smallest absolute Gasteiger partial charge is 0.179 e. The van der Waals surface area contributed by atoms with E-state index in [4.69, 9.17) is 0 Å². The van der Waals surface area contributed by atoms with Gasteiger partial charge in [-0.15, -0.1) is 0 Å². The minimum atomic E-state index is 0.215. The Hall–Kier alpha value is -1.90. The quantitative estimate of drug-likeness (QED) is 0.791. The van der Waals surface area contributed by atoms with Crippen molar-refractivity contribution in [1.29, 1.82) is 0 Å². The Bertz CT molecular complexity index is 782. The number of rotatable bonds is 0. The van der Waals surface area contributed by atoms with Crippen molar-refractivity contribution in [2.24, 2.45) is 0 Å². The molecule has 20 heavy (non-hydrogen) atoms. The third-order valence-electron chi connectivity index (χ3n) is 4.81. The van der Waals surface area contributed by atoms with E-state index in [1.807, 2.05) is 13.0 Å². The van der Waals surface area contributed by atoms with E-state index in [1.54, 1.807) is 0 Å². The molecule has 3 nitrogen and oxygen atoms in total. The molecule has 0 saturated carbocycles. The number of aromatic amines is 1. The second-order valence-corrected chi connectivity index (χ2v) is 6.19. The van der Waals surface area contributed by atoms with Crippen molar-refractivity contribution >= 4 is 22.5 Å². The van der Waals surface area contributed by atoms with Gasteiger partial charge in [-0.05, 0) is 48.4 Å². The molecule has 1 unspecified atom stereocenters. The number of hydrogen-bond acceptors (Lipinski definition) is 2. The number of fused-ring (bicyclic) bond motifs is 5. The third-order valence-corrected chi connectivity index (χ3v) is 4.81. The van der Waals surface area contributed by atoms with Crippen LogP contribution in [0.2, 0.25) is 0 Å². The van der Waals surface area contributed by atoms with E-state index >= 15 is 0 Å². The lowest BCUT2D eigenvalue weighted by molar-refractivity contribution is 0.0965. The zero-order valence-corrected chi connectivity index (χ0v) is 11.8. The molecule has 4 rings (SSSR count). The van der Waals surface area contributed by atoms with Crippen LogP contribution >= 0.6 is 0 Å². The Balaban J connectivity index is 2.17. The normalized spacial score (nSPS) is 21.4. The SMILES string of the molecule is Cc1cc2c(c3c4c([nH]c13)C(=O)CCC4)C(C)CC2=O. The lowest BCUT2D eigenvalue weighted by Gasteiger charge is -2.13. The van der Waals surface area contributed by atoms with E-state index in [0.29, 0.717) is 12.8 Å². The summed E-state index contributed by atoms with van der Waals surface area (Å²) in [5.41, 5.74) is 6.12. The molecule has 0 bridgehead atoms. The molecule has 0 saturated heterocycles. The van der Waals surface area contributed by atoms with Crippen molar-refractivity contribution in [2.75, 3.05) is 0 Å². The van der Waals surface area contributed by atoms with Gasteiger partial charge in [-0.25, -0.2) is 0 Å². The molecule has 2 aromatic rings. The van der Waals surface area contributed by atoms with Crippen LogP contribution in [0.1, 0.15) is 69.6 Å². The highest BCUT2D eigenvalue weighted by Crippen LogP contribution is 2.42. The fourth-order valence-corrected chi connectivity index (χ4v) is 3.90. The zero-order valence-electron chi connectivity index (χ0n) is 11.8. The number of hydrogen-bond donors (Lipinski definition) is 1. The highest BCUT2D eigenvalue weighted by Gasteiger charge is 2.32. The molecule has 1 aromatic heterocycles. The molecule has 3 heteroatoms. The summed E-state index contributed by atoms with van der Waals surface area (Å²) < 4.78 is 0. The van der Waals surface area contributed by atoms with Gasteiger partial charge in [0.1, 0.15) is 0 Å². The van der Waals surface area contributed by atoms with Gasteiger partial charge in [0.2, 0.25) is 0 Å². The third kappa shape index (κ3) is 1.35. The van der Waals surface area contributed by atoms with Crippen LogP contribution < -0.4 is 0 Å². The first-order chi connectivity index (χ1) is 9.58. The first-order valence-electron chi connectivity index (χ1n) is 7.32. The summed E-state index contributed by atoms with van der Waals surface area (Å²) in [7, 11) is 0. The Kier molecular flexibility index (Phi) is 2.27. The van der Waals surface area contributed by atoms with Crippen LogP contribution in [0.4, 0.5) is 0 Å². The molecule has 0 aliphatic heterocycles. The van der Waals surface area contributed by atoms with Crippen LogP contribution in [0.3, 0.4) is 0 Å². The van der Waals surface area contributed by atoms with Crippen molar-refractivity contribution in [1.82, 2.24) is 4.98 Å². The summed E-state index contributed by atoms with van der Waals surface area (Å²) >= 11 is 0. The maximum absolute atomic E-state index is 12.1. The number of carbonyl (C=O) groups excluding carboxylic acids is 2. The van der Waals surface area contributed by atoms with Crippen molar-refractivity contribution in [3.63, 3.8) is 0 Å². The van der Waals surface area contributed by atoms with Gasteiger partial charge in [0.05, 0.1) is 5.69 Å². The van der Waals surface area contributed by atoms with Gasteiger partial charge in [-0.1, -0.05) is 6.92 Å². The summed E-state index contributed by atoms with van der Waals surface area (Å²) in [5.74, 6) is 0.722. The highest BCUT2D eigenvalue weighted by atomic mass is 16.1. The molecule has 2 aliphatic rings. The van der Waals surface area contributed by atoms with Crippen molar-refractivity contribution in [3.05, 3.63) is 34.0 Å². The van der Waals surface area contributed by atoms with Gasteiger partial charge in [0.15, 0.2) is 11.6 Å². The minimum absolute atomic E-state index is 0.215. The van der Waals surface area contributed by atoms with Crippen LogP contribution in [0, 0.1) is 6.92 Å². The number of nitrogens with one attached hydrogen (secondary N) is 1. The van der Waals surface area contributed by atoms with E-state index in [-0.39, 0.29) is 17.5 Å². The lowest BCUT2D eigenvalue weighted by atomic mass is 9.89. The monoisotopic (exact) mass is 267 g/mol. The fourth-order valence-electron chi connectivity index (χ4n) is 3.90. The van der Waals surface area contributed by atoms with E-state index in [9.17, 15) is 9.59 Å². The number of Topliss-reactive ketones (excluding diaryl/α,β-unsaturated/α-hetero) is 2. The van der Waals surface area contributed by atoms with E-state index in [2.05, 4.69) is 11.9 Å². The van der Waals surface area contributed by atoms with Gasteiger partial charge in [-0.2, -0.15) is 0 Å². The van der Waals surface area contributed by atoms with Crippen LogP contribution in [-0.4, -0.2) is 16.6 Å². The molecular formula is C17H17NO2. The first-order valence-corrected chi connectivity index (χ1v) is 7.32. The van der Waals surface area contributed by atoms with Gasteiger partial charge < -0.3 is 4.98 Å². The van der Waals surface area contributed by atoms with Gasteiger partial charge in [-0.3, -0.25) is 9.59 Å².